The maximum absolute atomic E-state index is 6.40. The van der Waals surface area contributed by atoms with Crippen molar-refractivity contribution in [2.45, 2.75) is 43.4 Å². The molecule has 0 saturated carbocycles. The largest absolute Gasteiger partial charge is 0.326 e. The van der Waals surface area contributed by atoms with E-state index in [0.29, 0.717) is 0 Å². The quantitative estimate of drug-likeness (QED) is 0.695. The normalized spacial score (nSPS) is 14.0. The molecule has 2 N–H and O–H groups in total. The topological polar surface area (TPSA) is 26.0 Å². The minimum absolute atomic E-state index is 0.143. The molecule has 2 aromatic rings. The molecule has 21 heavy (non-hydrogen) atoms. The van der Waals surface area contributed by atoms with Gasteiger partial charge in [-0.15, -0.1) is 11.8 Å². The average Bonchev–Trinajstić information content (AvgIpc) is 2.47. The number of thioether (sulfide) groups is 1. The van der Waals surface area contributed by atoms with Gasteiger partial charge in [0.25, 0.3) is 0 Å². The van der Waals surface area contributed by atoms with Gasteiger partial charge in [0.2, 0.25) is 0 Å². The Morgan fingerprint density at radius 1 is 1.14 bits per heavy atom. The number of hydrogen-bond donors (Lipinski definition) is 1. The molecule has 1 nitrogen and oxygen atoms in total. The van der Waals surface area contributed by atoms with Gasteiger partial charge in [0.15, 0.2) is 0 Å². The molecule has 0 spiro atoms. The van der Waals surface area contributed by atoms with Crippen molar-refractivity contribution in [2.75, 3.05) is 0 Å². The molecule has 2 atom stereocenters. The minimum atomic E-state index is 0.143. The Kier molecular flexibility index (Phi) is 5.91. The summed E-state index contributed by atoms with van der Waals surface area (Å²) in [6.07, 6.45) is 0.967. The zero-order chi connectivity index (χ0) is 15.4. The van der Waals surface area contributed by atoms with Crippen LogP contribution in [-0.4, -0.2) is 6.04 Å². The van der Waals surface area contributed by atoms with E-state index in [2.05, 4.69) is 79.2 Å². The zero-order valence-electron chi connectivity index (χ0n) is 12.8. The van der Waals surface area contributed by atoms with Gasteiger partial charge >= 0.3 is 0 Å². The third-order valence-corrected chi connectivity index (χ3v) is 5.70. The summed E-state index contributed by atoms with van der Waals surface area (Å²) in [4.78, 5) is 1.32. The summed E-state index contributed by atoms with van der Waals surface area (Å²) in [5, 5.41) is 0.271. The van der Waals surface area contributed by atoms with Crippen molar-refractivity contribution in [2.24, 2.45) is 5.73 Å². The molecule has 0 heterocycles. The fourth-order valence-electron chi connectivity index (χ4n) is 2.27. The summed E-state index contributed by atoms with van der Waals surface area (Å²) in [5.74, 6) is 0. The molecular weight excluding hydrogens is 342 g/mol. The Labute approximate surface area is 140 Å². The third-order valence-electron chi connectivity index (χ3n) is 3.64. The molecule has 2 rings (SSSR count). The lowest BCUT2D eigenvalue weighted by Gasteiger charge is -2.24. The SMILES string of the molecule is CCC(N)C(Sc1cc(C)ccc1C)c1cccc(Br)c1. The van der Waals surface area contributed by atoms with E-state index in [1.807, 2.05) is 11.8 Å². The van der Waals surface area contributed by atoms with Gasteiger partial charge < -0.3 is 5.73 Å². The maximum Gasteiger partial charge on any atom is 0.0495 e. The zero-order valence-corrected chi connectivity index (χ0v) is 15.2. The fourth-order valence-corrected chi connectivity index (χ4v) is 4.12. The first-order valence-corrected chi connectivity index (χ1v) is 8.93. The standard InChI is InChI=1S/C18H22BrNS/c1-4-16(20)18(14-6-5-7-15(19)11-14)21-17-10-12(2)8-9-13(17)3/h5-11,16,18H,4,20H2,1-3H3. The number of rotatable bonds is 5. The Morgan fingerprint density at radius 3 is 2.57 bits per heavy atom. The highest BCUT2D eigenvalue weighted by molar-refractivity contribution is 9.10. The predicted molar refractivity (Wildman–Crippen MR) is 96.9 cm³/mol. The molecule has 0 fully saturated rings. The molecular formula is C18H22BrNS. The van der Waals surface area contributed by atoms with Gasteiger partial charge in [-0.2, -0.15) is 0 Å². The van der Waals surface area contributed by atoms with Crippen LogP contribution in [0.1, 0.15) is 35.3 Å². The highest BCUT2D eigenvalue weighted by atomic mass is 79.9. The van der Waals surface area contributed by atoms with Gasteiger partial charge in [-0.1, -0.05) is 52.7 Å². The molecule has 2 unspecified atom stereocenters. The van der Waals surface area contributed by atoms with Crippen LogP contribution in [0.15, 0.2) is 51.8 Å². The van der Waals surface area contributed by atoms with E-state index in [-0.39, 0.29) is 11.3 Å². The summed E-state index contributed by atoms with van der Waals surface area (Å²) in [7, 11) is 0. The van der Waals surface area contributed by atoms with Crippen LogP contribution in [0.4, 0.5) is 0 Å². The summed E-state index contributed by atoms with van der Waals surface area (Å²) in [6.45, 7) is 6.45. The second-order valence-electron chi connectivity index (χ2n) is 5.43. The van der Waals surface area contributed by atoms with Crippen LogP contribution in [-0.2, 0) is 0 Å². The molecule has 0 aliphatic heterocycles. The van der Waals surface area contributed by atoms with Crippen LogP contribution < -0.4 is 5.73 Å². The van der Waals surface area contributed by atoms with E-state index in [0.717, 1.165) is 10.9 Å². The van der Waals surface area contributed by atoms with Crippen LogP contribution in [0.3, 0.4) is 0 Å². The number of aryl methyl sites for hydroxylation is 2. The molecule has 0 aliphatic rings. The fraction of sp³-hybridized carbons (Fsp3) is 0.333. The number of halogens is 1. The second-order valence-corrected chi connectivity index (χ2v) is 7.53. The molecule has 0 radical (unpaired) electrons. The van der Waals surface area contributed by atoms with E-state index in [9.17, 15) is 0 Å². The van der Waals surface area contributed by atoms with Gasteiger partial charge in [-0.05, 0) is 49.6 Å². The van der Waals surface area contributed by atoms with Gasteiger partial charge in [0.05, 0.1) is 0 Å². The van der Waals surface area contributed by atoms with Crippen molar-refractivity contribution < 1.29 is 0 Å². The van der Waals surface area contributed by atoms with E-state index >= 15 is 0 Å². The lowest BCUT2D eigenvalue weighted by atomic mass is 10.0. The smallest absolute Gasteiger partial charge is 0.0495 e. The average molecular weight is 364 g/mol. The van der Waals surface area contributed by atoms with Crippen molar-refractivity contribution in [3.63, 3.8) is 0 Å². The van der Waals surface area contributed by atoms with Crippen molar-refractivity contribution in [3.8, 4) is 0 Å². The Hall–Kier alpha value is -0.770. The van der Waals surface area contributed by atoms with Crippen molar-refractivity contribution in [1.29, 1.82) is 0 Å². The molecule has 0 aliphatic carbocycles. The summed E-state index contributed by atoms with van der Waals surface area (Å²) in [6, 6.07) is 15.2. The van der Waals surface area contributed by atoms with E-state index in [1.165, 1.54) is 21.6 Å². The van der Waals surface area contributed by atoms with E-state index in [1.54, 1.807) is 0 Å². The second kappa shape index (κ2) is 7.48. The molecule has 0 saturated heterocycles. The minimum Gasteiger partial charge on any atom is -0.326 e. The highest BCUT2D eigenvalue weighted by Crippen LogP contribution is 2.40. The van der Waals surface area contributed by atoms with Crippen molar-refractivity contribution in [1.82, 2.24) is 0 Å². The van der Waals surface area contributed by atoms with Gasteiger partial charge in [0, 0.05) is 20.7 Å². The number of nitrogens with two attached hydrogens (primary N) is 1. The monoisotopic (exact) mass is 363 g/mol. The van der Waals surface area contributed by atoms with Crippen molar-refractivity contribution >= 4 is 27.7 Å². The lowest BCUT2D eigenvalue weighted by Crippen LogP contribution is -2.25. The molecule has 0 bridgehead atoms. The van der Waals surface area contributed by atoms with E-state index in [4.69, 9.17) is 5.73 Å². The van der Waals surface area contributed by atoms with Crippen LogP contribution >= 0.6 is 27.7 Å². The van der Waals surface area contributed by atoms with Crippen LogP contribution in [0, 0.1) is 13.8 Å². The van der Waals surface area contributed by atoms with Crippen molar-refractivity contribution in [3.05, 3.63) is 63.6 Å². The highest BCUT2D eigenvalue weighted by Gasteiger charge is 2.21. The molecule has 0 aromatic heterocycles. The number of hydrogen-bond acceptors (Lipinski definition) is 2. The maximum atomic E-state index is 6.40. The Balaban J connectivity index is 2.35. The lowest BCUT2D eigenvalue weighted by molar-refractivity contribution is 0.634. The molecule has 3 heteroatoms. The first-order valence-electron chi connectivity index (χ1n) is 7.26. The number of benzene rings is 2. The van der Waals surface area contributed by atoms with Gasteiger partial charge in [0.1, 0.15) is 0 Å². The Bertz CT molecular complexity index is 612. The first kappa shape index (κ1) is 16.6. The van der Waals surface area contributed by atoms with Gasteiger partial charge in [-0.25, -0.2) is 0 Å². The van der Waals surface area contributed by atoms with Gasteiger partial charge in [-0.3, -0.25) is 0 Å². The summed E-state index contributed by atoms with van der Waals surface area (Å²) < 4.78 is 1.11. The summed E-state index contributed by atoms with van der Waals surface area (Å²) >= 11 is 5.44. The predicted octanol–water partition coefficient (Wildman–Crippen LogP) is 5.64. The Morgan fingerprint density at radius 2 is 1.90 bits per heavy atom. The summed E-state index contributed by atoms with van der Waals surface area (Å²) in [5.41, 5.74) is 10.3. The molecule has 0 amide bonds. The van der Waals surface area contributed by atoms with Crippen LogP contribution in [0.2, 0.25) is 0 Å². The van der Waals surface area contributed by atoms with E-state index < -0.39 is 0 Å². The third kappa shape index (κ3) is 4.35. The first-order chi connectivity index (χ1) is 10.0. The molecule has 112 valence electrons. The van der Waals surface area contributed by atoms with Crippen LogP contribution in [0.25, 0.3) is 0 Å². The molecule has 2 aromatic carbocycles. The van der Waals surface area contributed by atoms with Crippen LogP contribution in [0.5, 0.6) is 0 Å².